The van der Waals surface area contributed by atoms with Crippen LogP contribution in [0.15, 0.2) is 42.1 Å². The quantitative estimate of drug-likeness (QED) is 0.517. The van der Waals surface area contributed by atoms with Crippen molar-refractivity contribution in [3.8, 4) is 0 Å². The number of carbonyl (C=O) groups excluding carboxylic acids is 2. The summed E-state index contributed by atoms with van der Waals surface area (Å²) in [6.07, 6.45) is 0.614. The van der Waals surface area contributed by atoms with Crippen molar-refractivity contribution in [2.45, 2.75) is 41.0 Å². The number of amides is 2. The molecule has 0 spiro atoms. The number of carbonyl (C=O) groups is 2. The van der Waals surface area contributed by atoms with Crippen molar-refractivity contribution in [1.29, 1.82) is 0 Å². The van der Waals surface area contributed by atoms with Gasteiger partial charge in [-0.1, -0.05) is 24.3 Å². The zero-order valence-corrected chi connectivity index (χ0v) is 18.5. The van der Waals surface area contributed by atoms with Gasteiger partial charge in [0.1, 0.15) is 5.70 Å². The second-order valence-corrected chi connectivity index (χ2v) is 7.79. The Bertz CT molecular complexity index is 1010. The molecule has 0 unspecified atom stereocenters. The van der Waals surface area contributed by atoms with Gasteiger partial charge < -0.3 is 10.1 Å². The van der Waals surface area contributed by atoms with Crippen LogP contribution in [-0.4, -0.2) is 36.5 Å². The molecule has 1 heterocycles. The van der Waals surface area contributed by atoms with Crippen LogP contribution in [0.4, 0.5) is 5.69 Å². The molecule has 5 heteroatoms. The zero-order valence-electron chi connectivity index (χ0n) is 18.5. The molecule has 5 nitrogen and oxygen atoms in total. The van der Waals surface area contributed by atoms with Gasteiger partial charge in [-0.3, -0.25) is 14.5 Å². The molecule has 2 aromatic carbocycles. The zero-order chi connectivity index (χ0) is 21.8. The van der Waals surface area contributed by atoms with Gasteiger partial charge in [0.2, 0.25) is 0 Å². The number of nitrogens with one attached hydrogen (secondary N) is 1. The molecule has 0 fully saturated rings. The van der Waals surface area contributed by atoms with Crippen LogP contribution in [0.3, 0.4) is 0 Å². The topological polar surface area (TPSA) is 58.6 Å². The Labute approximate surface area is 178 Å². The Morgan fingerprint density at radius 3 is 2.17 bits per heavy atom. The molecular weight excluding hydrogens is 376 g/mol. The van der Waals surface area contributed by atoms with Crippen LogP contribution in [0.25, 0.3) is 5.57 Å². The Hall–Kier alpha value is -2.92. The monoisotopic (exact) mass is 406 g/mol. The van der Waals surface area contributed by atoms with E-state index in [4.69, 9.17) is 4.74 Å². The third-order valence-electron chi connectivity index (χ3n) is 5.61. The molecule has 0 aliphatic carbocycles. The van der Waals surface area contributed by atoms with Crippen LogP contribution in [0.5, 0.6) is 0 Å². The summed E-state index contributed by atoms with van der Waals surface area (Å²) in [7, 11) is 0. The van der Waals surface area contributed by atoms with E-state index in [9.17, 15) is 9.59 Å². The van der Waals surface area contributed by atoms with Gasteiger partial charge in [-0.15, -0.1) is 0 Å². The van der Waals surface area contributed by atoms with E-state index >= 15 is 0 Å². The molecule has 2 aromatic rings. The van der Waals surface area contributed by atoms with Gasteiger partial charge in [-0.2, -0.15) is 0 Å². The van der Waals surface area contributed by atoms with E-state index in [2.05, 4.69) is 5.32 Å². The first-order valence-corrected chi connectivity index (χ1v) is 10.4. The normalized spacial score (nSPS) is 14.1. The first kappa shape index (κ1) is 21.8. The molecule has 1 aliphatic rings. The minimum Gasteiger partial charge on any atom is -0.382 e. The summed E-state index contributed by atoms with van der Waals surface area (Å²) in [5.74, 6) is -0.547. The third kappa shape index (κ3) is 4.46. The summed E-state index contributed by atoms with van der Waals surface area (Å²) in [6, 6.07) is 11.8. The molecule has 3 rings (SSSR count). The second kappa shape index (κ2) is 9.26. The van der Waals surface area contributed by atoms with E-state index in [-0.39, 0.29) is 11.8 Å². The largest absolute Gasteiger partial charge is 0.382 e. The molecule has 0 radical (unpaired) electrons. The molecule has 0 aromatic heterocycles. The number of rotatable bonds is 8. The number of anilines is 1. The van der Waals surface area contributed by atoms with Crippen molar-refractivity contribution in [2.75, 3.05) is 25.1 Å². The Balaban J connectivity index is 1.98. The maximum Gasteiger partial charge on any atom is 0.278 e. The first-order chi connectivity index (χ1) is 14.3. The van der Waals surface area contributed by atoms with Crippen molar-refractivity contribution < 1.29 is 14.3 Å². The Kier molecular flexibility index (Phi) is 6.73. The summed E-state index contributed by atoms with van der Waals surface area (Å²) in [5.41, 5.74) is 6.85. The van der Waals surface area contributed by atoms with Crippen molar-refractivity contribution >= 4 is 23.1 Å². The first-order valence-electron chi connectivity index (χ1n) is 10.4. The molecule has 30 heavy (non-hydrogen) atoms. The number of imide groups is 1. The van der Waals surface area contributed by atoms with E-state index in [1.54, 1.807) is 0 Å². The fourth-order valence-corrected chi connectivity index (χ4v) is 3.49. The van der Waals surface area contributed by atoms with Crippen molar-refractivity contribution in [3.63, 3.8) is 0 Å². The van der Waals surface area contributed by atoms with Crippen molar-refractivity contribution in [3.05, 3.63) is 69.9 Å². The van der Waals surface area contributed by atoms with E-state index in [0.29, 0.717) is 37.4 Å². The Morgan fingerprint density at radius 2 is 1.53 bits per heavy atom. The lowest BCUT2D eigenvalue weighted by atomic mass is 9.99. The molecule has 0 bridgehead atoms. The lowest BCUT2D eigenvalue weighted by molar-refractivity contribution is -0.137. The standard InChI is InChI=1S/C25H30N2O3/c1-6-30-13-7-12-27-24(28)22(20-10-8-16(2)18(4)14-20)23(25(27)29)26-21-11-9-17(3)19(5)15-21/h8-11,14-15,26H,6-7,12-13H2,1-5H3. The second-order valence-electron chi connectivity index (χ2n) is 7.79. The van der Waals surface area contributed by atoms with E-state index in [1.807, 2.05) is 71.0 Å². The number of benzene rings is 2. The molecule has 0 saturated carbocycles. The molecule has 1 aliphatic heterocycles. The maximum absolute atomic E-state index is 13.3. The van der Waals surface area contributed by atoms with E-state index in [1.165, 1.54) is 10.5 Å². The number of aryl methyl sites for hydroxylation is 4. The average Bonchev–Trinajstić information content (AvgIpc) is 2.94. The van der Waals surface area contributed by atoms with Gasteiger partial charge in [-0.25, -0.2) is 0 Å². The van der Waals surface area contributed by atoms with Gasteiger partial charge >= 0.3 is 0 Å². The van der Waals surface area contributed by atoms with Gasteiger partial charge in [0.05, 0.1) is 5.57 Å². The predicted octanol–water partition coefficient (Wildman–Crippen LogP) is 4.54. The summed E-state index contributed by atoms with van der Waals surface area (Å²) in [6.45, 7) is 11.5. The van der Waals surface area contributed by atoms with Crippen LogP contribution in [0, 0.1) is 27.7 Å². The Morgan fingerprint density at radius 1 is 0.867 bits per heavy atom. The van der Waals surface area contributed by atoms with E-state index in [0.717, 1.165) is 27.9 Å². The number of hydrogen-bond donors (Lipinski definition) is 1. The maximum atomic E-state index is 13.3. The fourth-order valence-electron chi connectivity index (χ4n) is 3.49. The number of ether oxygens (including phenoxy) is 1. The van der Waals surface area contributed by atoms with Crippen LogP contribution >= 0.6 is 0 Å². The molecule has 0 saturated heterocycles. The summed E-state index contributed by atoms with van der Waals surface area (Å²) in [4.78, 5) is 27.8. The third-order valence-corrected chi connectivity index (χ3v) is 5.61. The molecule has 158 valence electrons. The smallest absolute Gasteiger partial charge is 0.278 e. The van der Waals surface area contributed by atoms with Gasteiger partial charge in [-0.05, 0) is 81.0 Å². The number of nitrogens with zero attached hydrogens (tertiary/aromatic N) is 1. The minimum atomic E-state index is -0.289. The van der Waals surface area contributed by atoms with Crippen LogP contribution < -0.4 is 5.32 Å². The van der Waals surface area contributed by atoms with Gasteiger partial charge in [0.25, 0.3) is 11.8 Å². The van der Waals surface area contributed by atoms with Crippen LogP contribution in [0.2, 0.25) is 0 Å². The SMILES string of the molecule is CCOCCCN1C(=O)C(Nc2ccc(C)c(C)c2)=C(c2ccc(C)c(C)c2)C1=O. The molecular formula is C25H30N2O3. The lowest BCUT2D eigenvalue weighted by Crippen LogP contribution is -2.34. The van der Waals surface area contributed by atoms with Crippen LogP contribution in [0.1, 0.15) is 41.2 Å². The molecule has 2 amide bonds. The van der Waals surface area contributed by atoms with Gasteiger partial charge in [0, 0.05) is 25.4 Å². The van der Waals surface area contributed by atoms with Crippen molar-refractivity contribution in [2.24, 2.45) is 0 Å². The number of hydrogen-bond acceptors (Lipinski definition) is 4. The van der Waals surface area contributed by atoms with Crippen LogP contribution in [-0.2, 0) is 14.3 Å². The highest BCUT2D eigenvalue weighted by molar-refractivity contribution is 6.36. The minimum absolute atomic E-state index is 0.258. The highest BCUT2D eigenvalue weighted by Gasteiger charge is 2.39. The van der Waals surface area contributed by atoms with E-state index < -0.39 is 0 Å². The highest BCUT2D eigenvalue weighted by atomic mass is 16.5. The fraction of sp³-hybridized carbons (Fsp3) is 0.360. The summed E-state index contributed by atoms with van der Waals surface area (Å²) >= 11 is 0. The average molecular weight is 407 g/mol. The summed E-state index contributed by atoms with van der Waals surface area (Å²) < 4.78 is 5.37. The molecule has 0 atom stereocenters. The highest BCUT2D eigenvalue weighted by Crippen LogP contribution is 2.32. The lowest BCUT2D eigenvalue weighted by Gasteiger charge is -2.15. The predicted molar refractivity (Wildman–Crippen MR) is 120 cm³/mol. The van der Waals surface area contributed by atoms with Gasteiger partial charge in [0.15, 0.2) is 0 Å². The summed E-state index contributed by atoms with van der Waals surface area (Å²) in [5, 5.41) is 3.24. The van der Waals surface area contributed by atoms with Crippen molar-refractivity contribution in [1.82, 2.24) is 4.90 Å². The molecule has 1 N–H and O–H groups in total.